The molecule has 1 aromatic carbocycles. The molecule has 23 heavy (non-hydrogen) atoms. The van der Waals surface area contributed by atoms with E-state index in [2.05, 4.69) is 10.3 Å². The van der Waals surface area contributed by atoms with Gasteiger partial charge in [0, 0.05) is 23.5 Å². The number of primary amides is 1. The molecule has 0 saturated heterocycles. The van der Waals surface area contributed by atoms with Crippen LogP contribution in [0.1, 0.15) is 25.8 Å². The van der Waals surface area contributed by atoms with Crippen molar-refractivity contribution in [2.75, 3.05) is 0 Å². The molecule has 0 aliphatic heterocycles. The molecule has 3 atom stereocenters. The van der Waals surface area contributed by atoms with Gasteiger partial charge in [-0.1, -0.05) is 38.5 Å². The van der Waals surface area contributed by atoms with Crippen LogP contribution in [-0.4, -0.2) is 28.9 Å². The van der Waals surface area contributed by atoms with Gasteiger partial charge in [0.2, 0.25) is 11.8 Å². The number of carbonyl (C=O) groups is 2. The van der Waals surface area contributed by atoms with E-state index in [1.54, 1.807) is 0 Å². The van der Waals surface area contributed by atoms with Gasteiger partial charge in [-0.15, -0.1) is 0 Å². The third-order valence-electron chi connectivity index (χ3n) is 4.32. The summed E-state index contributed by atoms with van der Waals surface area (Å²) < 4.78 is 0. The quantitative estimate of drug-likeness (QED) is 0.612. The molecule has 6 heteroatoms. The Labute approximate surface area is 135 Å². The zero-order valence-electron chi connectivity index (χ0n) is 13.5. The normalized spacial score (nSPS) is 15.1. The Morgan fingerprint density at radius 3 is 2.65 bits per heavy atom. The molecule has 6 N–H and O–H groups in total. The number of amides is 2. The van der Waals surface area contributed by atoms with E-state index < -0.39 is 18.0 Å². The third kappa shape index (κ3) is 3.90. The molecule has 2 aromatic rings. The van der Waals surface area contributed by atoms with Gasteiger partial charge in [0.25, 0.3) is 0 Å². The summed E-state index contributed by atoms with van der Waals surface area (Å²) in [6, 6.07) is 6.35. The molecule has 0 aliphatic rings. The minimum Gasteiger partial charge on any atom is -0.368 e. The van der Waals surface area contributed by atoms with Gasteiger partial charge in [0.05, 0.1) is 6.04 Å². The molecule has 0 bridgehead atoms. The summed E-state index contributed by atoms with van der Waals surface area (Å²) in [5.74, 6) is -0.875. The van der Waals surface area contributed by atoms with Crippen LogP contribution in [0.4, 0.5) is 0 Å². The molecule has 0 radical (unpaired) electrons. The van der Waals surface area contributed by atoms with Gasteiger partial charge >= 0.3 is 0 Å². The summed E-state index contributed by atoms with van der Waals surface area (Å²) in [6.07, 6.45) is 2.96. The van der Waals surface area contributed by atoms with Gasteiger partial charge in [0.1, 0.15) is 6.04 Å². The summed E-state index contributed by atoms with van der Waals surface area (Å²) in [4.78, 5) is 27.1. The minimum atomic E-state index is -0.781. The van der Waals surface area contributed by atoms with Gasteiger partial charge in [-0.2, -0.15) is 0 Å². The Hall–Kier alpha value is -2.34. The van der Waals surface area contributed by atoms with Gasteiger partial charge in [0.15, 0.2) is 0 Å². The molecular weight excluding hydrogens is 292 g/mol. The predicted octanol–water partition coefficient (Wildman–Crippen LogP) is 1.05. The fraction of sp³-hybridized carbons (Fsp3) is 0.412. The maximum absolute atomic E-state index is 12.2. The zero-order chi connectivity index (χ0) is 17.0. The molecule has 0 spiro atoms. The first-order valence-corrected chi connectivity index (χ1v) is 7.84. The SMILES string of the molecule is CC[C@H](C)[C@@H](N)C(=O)N[C@H](Cc1c[nH]c2ccccc12)C(N)=O. The smallest absolute Gasteiger partial charge is 0.240 e. The Morgan fingerprint density at radius 1 is 1.30 bits per heavy atom. The van der Waals surface area contributed by atoms with Gasteiger partial charge in [-0.05, 0) is 17.5 Å². The van der Waals surface area contributed by atoms with Crippen molar-refractivity contribution in [2.24, 2.45) is 17.4 Å². The molecule has 124 valence electrons. The minimum absolute atomic E-state index is 0.0385. The molecule has 1 aromatic heterocycles. The van der Waals surface area contributed by atoms with E-state index in [1.807, 2.05) is 44.3 Å². The first-order valence-electron chi connectivity index (χ1n) is 7.84. The fourth-order valence-electron chi connectivity index (χ4n) is 2.52. The standard InChI is InChI=1S/C17H24N4O2/c1-3-10(2)15(18)17(23)21-14(16(19)22)8-11-9-20-13-7-5-4-6-12(11)13/h4-7,9-10,14-15,20H,3,8,18H2,1-2H3,(H2,19,22)(H,21,23)/t10-,14+,15+/m0/s1. The van der Waals surface area contributed by atoms with E-state index in [0.29, 0.717) is 6.42 Å². The van der Waals surface area contributed by atoms with E-state index in [9.17, 15) is 9.59 Å². The first-order chi connectivity index (χ1) is 10.9. The second-order valence-electron chi connectivity index (χ2n) is 5.94. The monoisotopic (exact) mass is 316 g/mol. The van der Waals surface area contributed by atoms with Crippen molar-refractivity contribution in [3.05, 3.63) is 36.0 Å². The van der Waals surface area contributed by atoms with Gasteiger partial charge in [-0.25, -0.2) is 0 Å². The van der Waals surface area contributed by atoms with Crippen molar-refractivity contribution < 1.29 is 9.59 Å². The molecule has 2 amide bonds. The summed E-state index contributed by atoms with van der Waals surface area (Å²) in [5, 5.41) is 3.70. The summed E-state index contributed by atoms with van der Waals surface area (Å²) in [7, 11) is 0. The number of H-pyrrole nitrogens is 1. The zero-order valence-corrected chi connectivity index (χ0v) is 13.5. The number of aromatic amines is 1. The Bertz CT molecular complexity index is 695. The van der Waals surface area contributed by atoms with Crippen LogP contribution in [0.25, 0.3) is 10.9 Å². The molecule has 0 saturated carbocycles. The summed E-state index contributed by atoms with van der Waals surface area (Å²) in [5.41, 5.74) is 13.3. The molecule has 2 rings (SSSR count). The first kappa shape index (κ1) is 17.0. The van der Waals surface area contributed by atoms with E-state index in [1.165, 1.54) is 0 Å². The maximum Gasteiger partial charge on any atom is 0.240 e. The predicted molar refractivity (Wildman–Crippen MR) is 90.6 cm³/mol. The van der Waals surface area contributed by atoms with Crippen LogP contribution in [0.3, 0.4) is 0 Å². The van der Waals surface area contributed by atoms with Crippen LogP contribution < -0.4 is 16.8 Å². The highest BCUT2D eigenvalue weighted by Gasteiger charge is 2.25. The maximum atomic E-state index is 12.2. The Morgan fingerprint density at radius 2 is 2.00 bits per heavy atom. The van der Waals surface area contributed by atoms with Crippen LogP contribution in [0, 0.1) is 5.92 Å². The highest BCUT2D eigenvalue weighted by atomic mass is 16.2. The van der Waals surface area contributed by atoms with E-state index in [-0.39, 0.29) is 11.8 Å². The highest BCUT2D eigenvalue weighted by molar-refractivity contribution is 5.90. The second-order valence-corrected chi connectivity index (χ2v) is 5.94. The summed E-state index contributed by atoms with van der Waals surface area (Å²) >= 11 is 0. The van der Waals surface area contributed by atoms with Crippen LogP contribution in [-0.2, 0) is 16.0 Å². The largest absolute Gasteiger partial charge is 0.368 e. The number of nitrogens with one attached hydrogen (secondary N) is 2. The summed E-state index contributed by atoms with van der Waals surface area (Å²) in [6.45, 7) is 3.87. The number of nitrogens with two attached hydrogens (primary N) is 2. The van der Waals surface area contributed by atoms with Crippen molar-refractivity contribution in [3.8, 4) is 0 Å². The average Bonchev–Trinajstić information content (AvgIpc) is 2.95. The lowest BCUT2D eigenvalue weighted by Gasteiger charge is -2.21. The number of fused-ring (bicyclic) bond motifs is 1. The van der Waals surface area contributed by atoms with Crippen LogP contribution in [0.5, 0.6) is 0 Å². The number of rotatable bonds is 7. The fourth-order valence-corrected chi connectivity index (χ4v) is 2.52. The Kier molecular flexibility index (Phi) is 5.39. The van der Waals surface area contributed by atoms with Gasteiger partial charge < -0.3 is 21.8 Å². The second kappa shape index (κ2) is 7.28. The lowest BCUT2D eigenvalue weighted by molar-refractivity contribution is -0.128. The van der Waals surface area contributed by atoms with Crippen molar-refractivity contribution in [3.63, 3.8) is 0 Å². The number of carbonyl (C=O) groups excluding carboxylic acids is 2. The lowest BCUT2D eigenvalue weighted by atomic mass is 9.98. The number of para-hydroxylation sites is 1. The number of hydrogen-bond donors (Lipinski definition) is 4. The van der Waals surface area contributed by atoms with E-state index in [4.69, 9.17) is 11.5 Å². The van der Waals surface area contributed by atoms with E-state index in [0.717, 1.165) is 22.9 Å². The average molecular weight is 316 g/mol. The van der Waals surface area contributed by atoms with Crippen molar-refractivity contribution in [2.45, 2.75) is 38.8 Å². The van der Waals surface area contributed by atoms with Crippen molar-refractivity contribution in [1.82, 2.24) is 10.3 Å². The number of hydrogen-bond acceptors (Lipinski definition) is 3. The topological polar surface area (TPSA) is 114 Å². The molecule has 0 unspecified atom stereocenters. The molecule has 1 heterocycles. The molecule has 0 aliphatic carbocycles. The van der Waals surface area contributed by atoms with Crippen LogP contribution in [0.2, 0.25) is 0 Å². The van der Waals surface area contributed by atoms with Crippen LogP contribution in [0.15, 0.2) is 30.5 Å². The third-order valence-corrected chi connectivity index (χ3v) is 4.32. The lowest BCUT2D eigenvalue weighted by Crippen LogP contribution is -2.53. The molecular formula is C17H24N4O2. The number of aromatic nitrogens is 1. The molecule has 6 nitrogen and oxygen atoms in total. The number of benzene rings is 1. The van der Waals surface area contributed by atoms with Crippen molar-refractivity contribution >= 4 is 22.7 Å². The van der Waals surface area contributed by atoms with Crippen LogP contribution >= 0.6 is 0 Å². The van der Waals surface area contributed by atoms with E-state index >= 15 is 0 Å². The Balaban J connectivity index is 2.13. The highest BCUT2D eigenvalue weighted by Crippen LogP contribution is 2.19. The molecule has 0 fully saturated rings. The van der Waals surface area contributed by atoms with Gasteiger partial charge in [-0.3, -0.25) is 9.59 Å². The van der Waals surface area contributed by atoms with Crippen molar-refractivity contribution in [1.29, 1.82) is 0 Å².